The van der Waals surface area contributed by atoms with E-state index >= 15 is 0 Å². The van der Waals surface area contributed by atoms with E-state index in [1.165, 1.54) is 12.1 Å². The molecule has 0 spiro atoms. The average Bonchev–Trinajstić information content (AvgIpc) is 3.01. The number of aryl methyl sites for hydroxylation is 1. The number of para-hydroxylation sites is 1. The van der Waals surface area contributed by atoms with Gasteiger partial charge in [-0.05, 0) is 31.2 Å². The van der Waals surface area contributed by atoms with Crippen molar-refractivity contribution in [3.05, 3.63) is 63.1 Å². The van der Waals surface area contributed by atoms with Crippen molar-refractivity contribution < 1.29 is 14.5 Å². The van der Waals surface area contributed by atoms with Gasteiger partial charge in [-0.15, -0.1) is 11.3 Å². The van der Waals surface area contributed by atoms with E-state index in [9.17, 15) is 14.9 Å². The predicted molar refractivity (Wildman–Crippen MR) is 99.4 cm³/mol. The number of rotatable bonds is 6. The first-order valence-corrected chi connectivity index (χ1v) is 8.72. The number of nitrogens with zero attached hydrogens (tertiary/aromatic N) is 3. The van der Waals surface area contributed by atoms with Gasteiger partial charge in [-0.3, -0.25) is 14.9 Å². The molecule has 1 heterocycles. The number of carbonyl (C=O) groups excluding carboxylic acids is 1. The Balaban J connectivity index is 1.59. The molecule has 0 aliphatic rings. The third kappa shape index (κ3) is 3.97. The van der Waals surface area contributed by atoms with Crippen molar-refractivity contribution >= 4 is 33.1 Å². The lowest BCUT2D eigenvalue weighted by Crippen LogP contribution is -2.30. The van der Waals surface area contributed by atoms with Crippen molar-refractivity contribution in [2.45, 2.75) is 13.5 Å². The van der Waals surface area contributed by atoms with Gasteiger partial charge in [0.1, 0.15) is 10.8 Å². The molecule has 0 radical (unpaired) electrons. The maximum Gasteiger partial charge on any atom is 0.272 e. The summed E-state index contributed by atoms with van der Waals surface area (Å²) in [6.07, 6.45) is 0. The number of amides is 1. The van der Waals surface area contributed by atoms with Crippen LogP contribution in [0.25, 0.3) is 10.2 Å². The first-order valence-electron chi connectivity index (χ1n) is 7.90. The second-order valence-corrected chi connectivity index (χ2v) is 6.93. The minimum atomic E-state index is -0.448. The molecule has 1 amide bonds. The molecule has 0 atom stereocenters. The Labute approximate surface area is 154 Å². The molecule has 0 unspecified atom stereocenters. The number of benzene rings is 2. The first kappa shape index (κ1) is 17.8. The highest BCUT2D eigenvalue weighted by Crippen LogP contribution is 2.24. The summed E-state index contributed by atoms with van der Waals surface area (Å²) >= 11 is 1.55. The molecule has 0 aliphatic heterocycles. The van der Waals surface area contributed by atoms with Crippen LogP contribution in [0.4, 0.5) is 5.69 Å². The lowest BCUT2D eigenvalue weighted by atomic mass is 10.2. The fourth-order valence-corrected chi connectivity index (χ4v) is 3.48. The maximum absolute atomic E-state index is 12.3. The summed E-state index contributed by atoms with van der Waals surface area (Å²) in [6.45, 7) is 1.89. The van der Waals surface area contributed by atoms with Crippen LogP contribution in [0.1, 0.15) is 10.6 Å². The summed E-state index contributed by atoms with van der Waals surface area (Å²) < 4.78 is 6.55. The number of carbonyl (C=O) groups is 1. The van der Waals surface area contributed by atoms with E-state index in [1.807, 2.05) is 24.3 Å². The molecular formula is C18H17N3O4S. The fourth-order valence-electron chi connectivity index (χ4n) is 2.46. The minimum absolute atomic E-state index is 0.0247. The lowest BCUT2D eigenvalue weighted by molar-refractivity contribution is -0.385. The Bertz CT molecular complexity index is 937. The molecule has 3 rings (SSSR count). The Morgan fingerprint density at radius 3 is 2.77 bits per heavy atom. The highest BCUT2D eigenvalue weighted by atomic mass is 32.1. The summed E-state index contributed by atoms with van der Waals surface area (Å²) in [6, 6.07) is 12.3. The SMILES string of the molecule is Cc1cc(OCC(=O)N(C)Cc2nc3ccccc3s2)ccc1[N+](=O)[O-]. The summed E-state index contributed by atoms with van der Waals surface area (Å²) in [5.41, 5.74) is 1.44. The van der Waals surface area contributed by atoms with Crippen LogP contribution >= 0.6 is 11.3 Å². The van der Waals surface area contributed by atoms with Crippen LogP contribution < -0.4 is 4.74 Å². The molecule has 3 aromatic rings. The molecular weight excluding hydrogens is 354 g/mol. The molecule has 1 aromatic heterocycles. The highest BCUT2D eigenvalue weighted by molar-refractivity contribution is 7.18. The highest BCUT2D eigenvalue weighted by Gasteiger charge is 2.15. The number of fused-ring (bicyclic) bond motifs is 1. The van der Waals surface area contributed by atoms with Gasteiger partial charge < -0.3 is 9.64 Å². The minimum Gasteiger partial charge on any atom is -0.484 e. The quantitative estimate of drug-likeness (QED) is 0.489. The fraction of sp³-hybridized carbons (Fsp3) is 0.222. The van der Waals surface area contributed by atoms with Crippen LogP contribution in [0.3, 0.4) is 0 Å². The van der Waals surface area contributed by atoms with E-state index in [4.69, 9.17) is 4.74 Å². The first-order chi connectivity index (χ1) is 12.4. The van der Waals surface area contributed by atoms with Gasteiger partial charge in [0.15, 0.2) is 6.61 Å². The van der Waals surface area contributed by atoms with Gasteiger partial charge in [-0.1, -0.05) is 12.1 Å². The lowest BCUT2D eigenvalue weighted by Gasteiger charge is -2.16. The van der Waals surface area contributed by atoms with Crippen LogP contribution in [-0.2, 0) is 11.3 Å². The molecule has 26 heavy (non-hydrogen) atoms. The van der Waals surface area contributed by atoms with Crippen LogP contribution in [0.5, 0.6) is 5.75 Å². The number of thiazole rings is 1. The second kappa shape index (κ2) is 7.49. The van der Waals surface area contributed by atoms with E-state index in [-0.39, 0.29) is 18.2 Å². The third-order valence-electron chi connectivity index (χ3n) is 3.86. The molecule has 0 aliphatic carbocycles. The maximum atomic E-state index is 12.3. The number of hydrogen-bond donors (Lipinski definition) is 0. The molecule has 134 valence electrons. The summed E-state index contributed by atoms with van der Waals surface area (Å²) in [7, 11) is 1.69. The Morgan fingerprint density at radius 2 is 2.08 bits per heavy atom. The van der Waals surface area contributed by atoms with Gasteiger partial charge in [0.2, 0.25) is 0 Å². The number of nitro benzene ring substituents is 1. The molecule has 2 aromatic carbocycles. The van der Waals surface area contributed by atoms with E-state index in [0.29, 0.717) is 17.9 Å². The van der Waals surface area contributed by atoms with Crippen molar-refractivity contribution in [1.29, 1.82) is 0 Å². The molecule has 7 nitrogen and oxygen atoms in total. The van der Waals surface area contributed by atoms with Crippen molar-refractivity contribution in [2.24, 2.45) is 0 Å². The zero-order valence-corrected chi connectivity index (χ0v) is 15.2. The summed E-state index contributed by atoms with van der Waals surface area (Å²) in [5, 5.41) is 11.7. The van der Waals surface area contributed by atoms with Gasteiger partial charge in [0.05, 0.1) is 21.7 Å². The van der Waals surface area contributed by atoms with Crippen LogP contribution in [0.15, 0.2) is 42.5 Å². The van der Waals surface area contributed by atoms with Crippen molar-refractivity contribution in [2.75, 3.05) is 13.7 Å². The summed E-state index contributed by atoms with van der Waals surface area (Å²) in [4.78, 5) is 28.7. The molecule has 0 N–H and O–H groups in total. The Morgan fingerprint density at radius 1 is 1.31 bits per heavy atom. The van der Waals surface area contributed by atoms with E-state index in [2.05, 4.69) is 4.98 Å². The number of nitro groups is 1. The monoisotopic (exact) mass is 371 g/mol. The predicted octanol–water partition coefficient (Wildman–Crippen LogP) is 3.55. The van der Waals surface area contributed by atoms with Crippen molar-refractivity contribution in [1.82, 2.24) is 9.88 Å². The van der Waals surface area contributed by atoms with Crippen LogP contribution in [-0.4, -0.2) is 34.4 Å². The van der Waals surface area contributed by atoms with Gasteiger partial charge in [-0.2, -0.15) is 0 Å². The topological polar surface area (TPSA) is 85.6 Å². The van der Waals surface area contributed by atoms with Crippen LogP contribution in [0.2, 0.25) is 0 Å². The largest absolute Gasteiger partial charge is 0.484 e. The number of hydrogen-bond acceptors (Lipinski definition) is 6. The third-order valence-corrected chi connectivity index (χ3v) is 4.88. The average molecular weight is 371 g/mol. The Kier molecular flexibility index (Phi) is 5.13. The second-order valence-electron chi connectivity index (χ2n) is 5.82. The molecule has 0 saturated heterocycles. The van der Waals surface area contributed by atoms with Gasteiger partial charge >= 0.3 is 0 Å². The van der Waals surface area contributed by atoms with E-state index in [0.717, 1.165) is 15.2 Å². The zero-order chi connectivity index (χ0) is 18.7. The van der Waals surface area contributed by atoms with E-state index < -0.39 is 4.92 Å². The number of ether oxygens (including phenoxy) is 1. The molecule has 0 fully saturated rings. The summed E-state index contributed by atoms with van der Waals surface area (Å²) in [5.74, 6) is 0.232. The normalized spacial score (nSPS) is 10.7. The van der Waals surface area contributed by atoms with E-state index in [1.54, 1.807) is 36.3 Å². The van der Waals surface area contributed by atoms with Crippen molar-refractivity contribution in [3.63, 3.8) is 0 Å². The molecule has 0 saturated carbocycles. The smallest absolute Gasteiger partial charge is 0.272 e. The Hall–Kier alpha value is -3.00. The van der Waals surface area contributed by atoms with Crippen molar-refractivity contribution in [3.8, 4) is 5.75 Å². The molecule has 8 heteroatoms. The van der Waals surface area contributed by atoms with Gasteiger partial charge in [0, 0.05) is 18.7 Å². The van der Waals surface area contributed by atoms with Gasteiger partial charge in [0.25, 0.3) is 11.6 Å². The zero-order valence-electron chi connectivity index (χ0n) is 14.3. The molecule has 0 bridgehead atoms. The standard InChI is InChI=1S/C18H17N3O4S/c1-12-9-13(7-8-15(12)21(23)24)25-11-18(22)20(2)10-17-19-14-5-3-4-6-16(14)26-17/h3-9H,10-11H2,1-2H3. The van der Waals surface area contributed by atoms with Gasteiger partial charge in [-0.25, -0.2) is 4.98 Å². The number of aromatic nitrogens is 1. The number of likely N-dealkylation sites (N-methyl/N-ethyl adjacent to an activating group) is 1. The van der Waals surface area contributed by atoms with Crippen LogP contribution in [0, 0.1) is 17.0 Å².